The van der Waals surface area contributed by atoms with E-state index < -0.39 is 22.6 Å². The van der Waals surface area contributed by atoms with E-state index in [0.717, 1.165) is 24.8 Å². The highest BCUT2D eigenvalue weighted by molar-refractivity contribution is 7.89. The van der Waals surface area contributed by atoms with Crippen molar-refractivity contribution in [2.24, 2.45) is 0 Å². The molecular weight excluding hydrogens is 452 g/mol. The largest absolute Gasteiger partial charge is 0.452 e. The molecule has 0 spiro atoms. The third kappa shape index (κ3) is 5.68. The van der Waals surface area contributed by atoms with Gasteiger partial charge in [0.2, 0.25) is 10.0 Å². The number of halogens is 1. The lowest BCUT2D eigenvalue weighted by atomic mass is 10.1. The molecule has 1 fully saturated rings. The van der Waals surface area contributed by atoms with E-state index in [0.29, 0.717) is 19.6 Å². The SMILES string of the molecule is CCc1ccc(CN(C)C(=O)COC(=O)c2cc(S(=O)(=O)N3CCCC3)ccc2Cl)cc1. The Hall–Kier alpha value is -2.42. The van der Waals surface area contributed by atoms with Crippen molar-refractivity contribution in [2.75, 3.05) is 26.7 Å². The number of carbonyl (C=O) groups is 2. The van der Waals surface area contributed by atoms with Gasteiger partial charge in [0.05, 0.1) is 15.5 Å². The average molecular weight is 479 g/mol. The Balaban J connectivity index is 1.63. The fraction of sp³-hybridized carbons (Fsp3) is 0.391. The number of hydrogen-bond donors (Lipinski definition) is 0. The maximum absolute atomic E-state index is 12.8. The molecule has 0 radical (unpaired) electrons. The van der Waals surface area contributed by atoms with Crippen molar-refractivity contribution in [3.05, 3.63) is 64.2 Å². The number of esters is 1. The van der Waals surface area contributed by atoms with Crippen LogP contribution in [-0.4, -0.2) is 56.2 Å². The molecular formula is C23H27ClN2O5S. The minimum absolute atomic E-state index is 0.0188. The fourth-order valence-electron chi connectivity index (χ4n) is 3.46. The topological polar surface area (TPSA) is 84.0 Å². The minimum atomic E-state index is -3.70. The fourth-order valence-corrected chi connectivity index (χ4v) is 5.20. The first-order valence-corrected chi connectivity index (χ1v) is 12.3. The molecule has 9 heteroatoms. The van der Waals surface area contributed by atoms with Crippen LogP contribution in [0.25, 0.3) is 0 Å². The van der Waals surface area contributed by atoms with E-state index in [1.54, 1.807) is 7.05 Å². The lowest BCUT2D eigenvalue weighted by Crippen LogP contribution is -2.31. The summed E-state index contributed by atoms with van der Waals surface area (Å²) in [5.41, 5.74) is 2.09. The molecule has 1 aliphatic rings. The van der Waals surface area contributed by atoms with Gasteiger partial charge in [-0.2, -0.15) is 4.31 Å². The van der Waals surface area contributed by atoms with Gasteiger partial charge in [0, 0.05) is 26.7 Å². The van der Waals surface area contributed by atoms with Gasteiger partial charge in [-0.1, -0.05) is 42.8 Å². The minimum Gasteiger partial charge on any atom is -0.452 e. The average Bonchev–Trinajstić information content (AvgIpc) is 3.34. The summed E-state index contributed by atoms with van der Waals surface area (Å²) in [5, 5.41) is 0.0622. The van der Waals surface area contributed by atoms with Crippen molar-refractivity contribution < 1.29 is 22.7 Å². The van der Waals surface area contributed by atoms with Gasteiger partial charge in [0.25, 0.3) is 5.91 Å². The first kappa shape index (κ1) is 24.2. The number of carbonyl (C=O) groups excluding carboxylic acids is 2. The molecule has 7 nitrogen and oxygen atoms in total. The number of benzene rings is 2. The van der Waals surface area contributed by atoms with Crippen molar-refractivity contribution in [3.63, 3.8) is 0 Å². The van der Waals surface area contributed by atoms with E-state index in [-0.39, 0.29) is 21.4 Å². The molecule has 0 unspecified atom stereocenters. The number of ether oxygens (including phenoxy) is 1. The molecule has 172 valence electrons. The molecule has 32 heavy (non-hydrogen) atoms. The van der Waals surface area contributed by atoms with Gasteiger partial charge in [0.15, 0.2) is 6.61 Å². The summed E-state index contributed by atoms with van der Waals surface area (Å²) in [6, 6.07) is 11.9. The number of nitrogens with zero attached hydrogens (tertiary/aromatic N) is 2. The zero-order valence-electron chi connectivity index (χ0n) is 18.2. The second kappa shape index (κ2) is 10.5. The van der Waals surface area contributed by atoms with Crippen LogP contribution in [-0.2, 0) is 32.5 Å². The predicted molar refractivity (Wildman–Crippen MR) is 122 cm³/mol. The molecule has 0 saturated carbocycles. The van der Waals surface area contributed by atoms with Crippen molar-refractivity contribution in [3.8, 4) is 0 Å². The Morgan fingerprint density at radius 3 is 2.31 bits per heavy atom. The number of amides is 1. The Labute approximate surface area is 194 Å². The molecule has 1 amide bonds. The lowest BCUT2D eigenvalue weighted by molar-refractivity contribution is -0.133. The molecule has 0 aliphatic carbocycles. The first-order valence-electron chi connectivity index (χ1n) is 10.5. The van der Waals surface area contributed by atoms with Crippen LogP contribution in [0.15, 0.2) is 47.4 Å². The quantitative estimate of drug-likeness (QED) is 0.542. The van der Waals surface area contributed by atoms with E-state index >= 15 is 0 Å². The van der Waals surface area contributed by atoms with Crippen LogP contribution in [0.3, 0.4) is 0 Å². The smallest absolute Gasteiger partial charge is 0.340 e. The first-order chi connectivity index (χ1) is 15.2. The van der Waals surface area contributed by atoms with Crippen LogP contribution in [0.5, 0.6) is 0 Å². The van der Waals surface area contributed by atoms with E-state index in [1.807, 2.05) is 24.3 Å². The molecule has 1 heterocycles. The van der Waals surface area contributed by atoms with Crippen LogP contribution in [0.2, 0.25) is 5.02 Å². The Morgan fingerprint density at radius 2 is 1.69 bits per heavy atom. The number of likely N-dealkylation sites (N-methyl/N-ethyl adjacent to an activating group) is 1. The molecule has 2 aromatic rings. The van der Waals surface area contributed by atoms with Gasteiger partial charge in [-0.15, -0.1) is 0 Å². The molecule has 1 saturated heterocycles. The number of aryl methyl sites for hydroxylation is 1. The summed E-state index contributed by atoms with van der Waals surface area (Å²) in [4.78, 5) is 26.4. The predicted octanol–water partition coefficient (Wildman–Crippen LogP) is 3.50. The second-order valence-electron chi connectivity index (χ2n) is 7.75. The van der Waals surface area contributed by atoms with Crippen LogP contribution in [0, 0.1) is 0 Å². The van der Waals surface area contributed by atoms with Gasteiger partial charge in [0.1, 0.15) is 0 Å². The normalized spacial score (nSPS) is 14.3. The maximum Gasteiger partial charge on any atom is 0.340 e. The second-order valence-corrected chi connectivity index (χ2v) is 10.1. The Morgan fingerprint density at radius 1 is 1.06 bits per heavy atom. The number of hydrogen-bond acceptors (Lipinski definition) is 5. The standard InChI is InChI=1S/C23H27ClN2O5S/c1-3-17-6-8-18(9-7-17)15-25(2)22(27)16-31-23(28)20-14-19(10-11-21(20)24)32(29,30)26-12-4-5-13-26/h6-11,14H,3-5,12-13,15-16H2,1-2H3. The third-order valence-electron chi connectivity index (χ3n) is 5.46. The highest BCUT2D eigenvalue weighted by atomic mass is 35.5. The van der Waals surface area contributed by atoms with Gasteiger partial charge < -0.3 is 9.64 Å². The third-order valence-corrected chi connectivity index (χ3v) is 7.69. The molecule has 2 aromatic carbocycles. The summed E-state index contributed by atoms with van der Waals surface area (Å²) in [5.74, 6) is -1.22. The summed E-state index contributed by atoms with van der Waals surface area (Å²) < 4.78 is 32.0. The zero-order valence-corrected chi connectivity index (χ0v) is 19.8. The van der Waals surface area contributed by atoms with Crippen molar-refractivity contribution in [1.29, 1.82) is 0 Å². The summed E-state index contributed by atoms with van der Waals surface area (Å²) >= 11 is 6.11. The molecule has 0 aromatic heterocycles. The number of rotatable bonds is 8. The maximum atomic E-state index is 12.8. The van der Waals surface area contributed by atoms with E-state index in [2.05, 4.69) is 6.92 Å². The van der Waals surface area contributed by atoms with Gasteiger partial charge >= 0.3 is 5.97 Å². The van der Waals surface area contributed by atoms with Crippen LogP contribution < -0.4 is 0 Å². The van der Waals surface area contributed by atoms with E-state index in [9.17, 15) is 18.0 Å². The van der Waals surface area contributed by atoms with Crippen molar-refractivity contribution >= 4 is 33.5 Å². The monoisotopic (exact) mass is 478 g/mol. The van der Waals surface area contributed by atoms with E-state index in [4.69, 9.17) is 16.3 Å². The molecule has 1 aliphatic heterocycles. The lowest BCUT2D eigenvalue weighted by Gasteiger charge is -2.18. The van der Waals surface area contributed by atoms with E-state index in [1.165, 1.54) is 33.0 Å². The van der Waals surface area contributed by atoms with Gasteiger partial charge in [-0.25, -0.2) is 13.2 Å². The van der Waals surface area contributed by atoms with Crippen LogP contribution >= 0.6 is 11.6 Å². The highest BCUT2D eigenvalue weighted by Crippen LogP contribution is 2.25. The summed E-state index contributed by atoms with van der Waals surface area (Å²) in [7, 11) is -2.08. The molecule has 0 bridgehead atoms. The highest BCUT2D eigenvalue weighted by Gasteiger charge is 2.28. The summed E-state index contributed by atoms with van der Waals surface area (Å²) in [6.07, 6.45) is 2.55. The van der Waals surface area contributed by atoms with Gasteiger partial charge in [-0.3, -0.25) is 4.79 Å². The zero-order chi connectivity index (χ0) is 23.3. The Kier molecular flexibility index (Phi) is 7.92. The van der Waals surface area contributed by atoms with Crippen molar-refractivity contribution in [1.82, 2.24) is 9.21 Å². The molecule has 0 N–H and O–H groups in total. The number of sulfonamides is 1. The van der Waals surface area contributed by atoms with Crippen LogP contribution in [0.4, 0.5) is 0 Å². The molecule has 0 atom stereocenters. The Bertz CT molecular complexity index is 1080. The summed E-state index contributed by atoms with van der Waals surface area (Å²) in [6.45, 7) is 2.88. The van der Waals surface area contributed by atoms with Crippen LogP contribution in [0.1, 0.15) is 41.3 Å². The van der Waals surface area contributed by atoms with Crippen molar-refractivity contribution in [2.45, 2.75) is 37.6 Å². The molecule has 3 rings (SSSR count). The van der Waals surface area contributed by atoms with Gasteiger partial charge in [-0.05, 0) is 48.6 Å².